The first kappa shape index (κ1) is 12.0. The van der Waals surface area contributed by atoms with Gasteiger partial charge < -0.3 is 5.73 Å². The third kappa shape index (κ3) is 2.62. The van der Waals surface area contributed by atoms with Crippen LogP contribution in [0.1, 0.15) is 43.3 Å². The topological polar surface area (TPSA) is 42.2 Å². The fourth-order valence-electron chi connectivity index (χ4n) is 2.24. The lowest BCUT2D eigenvalue weighted by molar-refractivity contribution is 0.247. The second-order valence-electron chi connectivity index (χ2n) is 4.83. The monoisotopic (exact) mass is 239 g/mol. The van der Waals surface area contributed by atoms with Crippen molar-refractivity contribution in [2.24, 2.45) is 5.73 Å². The number of hydrogen-bond acceptors (Lipinski definition) is 4. The van der Waals surface area contributed by atoms with E-state index in [0.717, 1.165) is 13.1 Å². The molecule has 0 aliphatic carbocycles. The molecular formula is C12H21N3S. The Balaban J connectivity index is 1.97. The first-order valence-electron chi connectivity index (χ1n) is 6.09. The molecule has 0 spiro atoms. The molecule has 1 aliphatic heterocycles. The van der Waals surface area contributed by atoms with Crippen LogP contribution in [0.15, 0.2) is 5.38 Å². The summed E-state index contributed by atoms with van der Waals surface area (Å²) in [5.74, 6) is 0.544. The van der Waals surface area contributed by atoms with E-state index in [2.05, 4.69) is 29.1 Å². The maximum Gasteiger partial charge on any atom is 0.0954 e. The molecule has 90 valence electrons. The number of thiazole rings is 1. The molecule has 0 aromatic carbocycles. The van der Waals surface area contributed by atoms with Crippen LogP contribution in [-0.2, 0) is 6.54 Å². The minimum atomic E-state index is 0.544. The van der Waals surface area contributed by atoms with Crippen molar-refractivity contribution in [3.05, 3.63) is 16.1 Å². The van der Waals surface area contributed by atoms with Crippen molar-refractivity contribution in [2.75, 3.05) is 13.1 Å². The quantitative estimate of drug-likeness (QED) is 0.876. The average molecular weight is 239 g/mol. The predicted molar refractivity (Wildman–Crippen MR) is 68.7 cm³/mol. The van der Waals surface area contributed by atoms with Crippen LogP contribution in [-0.4, -0.2) is 29.0 Å². The maximum absolute atomic E-state index is 5.77. The first-order valence-corrected chi connectivity index (χ1v) is 6.97. The fraction of sp³-hybridized carbons (Fsp3) is 0.750. The van der Waals surface area contributed by atoms with Crippen LogP contribution in [0.25, 0.3) is 0 Å². The van der Waals surface area contributed by atoms with Crippen molar-refractivity contribution in [3.8, 4) is 0 Å². The number of aromatic nitrogens is 1. The molecule has 1 aromatic heterocycles. The normalized spacial score (nSPS) is 22.1. The van der Waals surface area contributed by atoms with Crippen LogP contribution in [0.2, 0.25) is 0 Å². The van der Waals surface area contributed by atoms with Crippen molar-refractivity contribution < 1.29 is 0 Å². The molecule has 4 heteroatoms. The highest BCUT2D eigenvalue weighted by atomic mass is 32.1. The zero-order valence-electron chi connectivity index (χ0n) is 10.1. The third-order valence-electron chi connectivity index (χ3n) is 3.20. The minimum Gasteiger partial charge on any atom is -0.329 e. The Bertz CT molecular complexity index is 335. The van der Waals surface area contributed by atoms with E-state index >= 15 is 0 Å². The first-order chi connectivity index (χ1) is 7.70. The van der Waals surface area contributed by atoms with E-state index in [1.54, 1.807) is 11.3 Å². The summed E-state index contributed by atoms with van der Waals surface area (Å²) in [7, 11) is 0. The lowest BCUT2D eigenvalue weighted by Gasteiger charge is -2.21. The van der Waals surface area contributed by atoms with Crippen LogP contribution in [0, 0.1) is 0 Å². The molecule has 1 unspecified atom stereocenters. The van der Waals surface area contributed by atoms with Crippen LogP contribution in [0.5, 0.6) is 0 Å². The van der Waals surface area contributed by atoms with Crippen LogP contribution in [0.4, 0.5) is 0 Å². The van der Waals surface area contributed by atoms with Gasteiger partial charge in [-0.3, -0.25) is 4.90 Å². The molecule has 2 rings (SSSR count). The zero-order chi connectivity index (χ0) is 11.5. The Hall–Kier alpha value is -0.450. The van der Waals surface area contributed by atoms with Crippen molar-refractivity contribution >= 4 is 11.3 Å². The van der Waals surface area contributed by atoms with Gasteiger partial charge in [0.1, 0.15) is 0 Å². The summed E-state index contributed by atoms with van der Waals surface area (Å²) in [5, 5.41) is 3.44. The van der Waals surface area contributed by atoms with E-state index in [1.165, 1.54) is 30.1 Å². The second kappa shape index (κ2) is 5.25. The van der Waals surface area contributed by atoms with E-state index in [1.807, 2.05) is 0 Å². The molecule has 1 aliphatic rings. The molecule has 0 saturated carbocycles. The zero-order valence-corrected chi connectivity index (χ0v) is 11.0. The van der Waals surface area contributed by atoms with E-state index in [4.69, 9.17) is 5.73 Å². The van der Waals surface area contributed by atoms with Gasteiger partial charge in [-0.05, 0) is 19.4 Å². The Morgan fingerprint density at radius 3 is 3.06 bits per heavy atom. The third-order valence-corrected chi connectivity index (χ3v) is 4.39. The average Bonchev–Trinajstić information content (AvgIpc) is 2.87. The lowest BCUT2D eigenvalue weighted by atomic mass is 10.2. The highest BCUT2D eigenvalue weighted by Gasteiger charge is 2.23. The molecule has 0 radical (unpaired) electrons. The van der Waals surface area contributed by atoms with Gasteiger partial charge >= 0.3 is 0 Å². The molecule has 3 nitrogen and oxygen atoms in total. The molecule has 1 aromatic rings. The Kier molecular flexibility index (Phi) is 3.95. The van der Waals surface area contributed by atoms with Crippen molar-refractivity contribution in [1.82, 2.24) is 9.88 Å². The summed E-state index contributed by atoms with van der Waals surface area (Å²) in [4.78, 5) is 7.15. The van der Waals surface area contributed by atoms with Gasteiger partial charge in [0.25, 0.3) is 0 Å². The van der Waals surface area contributed by atoms with Crippen LogP contribution < -0.4 is 5.73 Å². The number of hydrogen-bond donors (Lipinski definition) is 1. The molecular weight excluding hydrogens is 218 g/mol. The molecule has 0 bridgehead atoms. The van der Waals surface area contributed by atoms with Gasteiger partial charge in [-0.25, -0.2) is 4.98 Å². The van der Waals surface area contributed by atoms with Gasteiger partial charge in [-0.15, -0.1) is 11.3 Å². The molecule has 1 saturated heterocycles. The summed E-state index contributed by atoms with van der Waals surface area (Å²) in [6.45, 7) is 7.32. The van der Waals surface area contributed by atoms with Gasteiger partial charge in [0.2, 0.25) is 0 Å². The molecule has 2 N–H and O–H groups in total. The van der Waals surface area contributed by atoms with Gasteiger partial charge in [0.05, 0.1) is 10.7 Å². The highest BCUT2D eigenvalue weighted by molar-refractivity contribution is 7.09. The van der Waals surface area contributed by atoms with Gasteiger partial charge in [0.15, 0.2) is 0 Å². The van der Waals surface area contributed by atoms with E-state index < -0.39 is 0 Å². The van der Waals surface area contributed by atoms with Crippen molar-refractivity contribution in [3.63, 3.8) is 0 Å². The number of likely N-dealkylation sites (tertiary alicyclic amines) is 1. The number of nitrogens with zero attached hydrogens (tertiary/aromatic N) is 2. The van der Waals surface area contributed by atoms with Gasteiger partial charge in [-0.2, -0.15) is 0 Å². The Morgan fingerprint density at radius 2 is 2.44 bits per heavy atom. The van der Waals surface area contributed by atoms with Crippen LogP contribution >= 0.6 is 11.3 Å². The van der Waals surface area contributed by atoms with E-state index in [-0.39, 0.29) is 0 Å². The van der Waals surface area contributed by atoms with Crippen molar-refractivity contribution in [2.45, 2.75) is 45.2 Å². The minimum absolute atomic E-state index is 0.544. The van der Waals surface area contributed by atoms with Gasteiger partial charge in [0, 0.05) is 30.4 Å². The predicted octanol–water partition coefficient (Wildman–Crippen LogP) is 2.19. The highest BCUT2D eigenvalue weighted by Crippen LogP contribution is 2.23. The number of nitrogens with two attached hydrogens (primary N) is 1. The summed E-state index contributed by atoms with van der Waals surface area (Å²) < 4.78 is 0. The second-order valence-corrected chi connectivity index (χ2v) is 5.72. The standard InChI is InChI=1S/C12H21N3S/c1-9(2)12-14-10(8-16-12)7-15-5-3-4-11(15)6-13/h8-9,11H,3-7,13H2,1-2H3. The lowest BCUT2D eigenvalue weighted by Crippen LogP contribution is -2.34. The summed E-state index contributed by atoms with van der Waals surface area (Å²) in [6, 6.07) is 0.573. The molecule has 0 amide bonds. The Morgan fingerprint density at radius 1 is 1.62 bits per heavy atom. The summed E-state index contributed by atoms with van der Waals surface area (Å²) in [5.41, 5.74) is 6.99. The summed E-state index contributed by atoms with van der Waals surface area (Å²) in [6.07, 6.45) is 2.53. The molecule has 1 atom stereocenters. The molecule has 16 heavy (non-hydrogen) atoms. The molecule has 1 fully saturated rings. The largest absolute Gasteiger partial charge is 0.329 e. The van der Waals surface area contributed by atoms with E-state index in [0.29, 0.717) is 12.0 Å². The van der Waals surface area contributed by atoms with Crippen LogP contribution in [0.3, 0.4) is 0 Å². The fourth-order valence-corrected chi connectivity index (χ4v) is 3.06. The van der Waals surface area contributed by atoms with Gasteiger partial charge in [-0.1, -0.05) is 13.8 Å². The smallest absolute Gasteiger partial charge is 0.0954 e. The molecule has 2 heterocycles. The number of rotatable bonds is 4. The summed E-state index contributed by atoms with van der Waals surface area (Å²) >= 11 is 1.78. The van der Waals surface area contributed by atoms with E-state index in [9.17, 15) is 0 Å². The van der Waals surface area contributed by atoms with Crippen molar-refractivity contribution in [1.29, 1.82) is 0 Å². The Labute approximate surface area is 102 Å². The maximum atomic E-state index is 5.77. The SMILES string of the molecule is CC(C)c1nc(CN2CCCC2CN)cs1.